The van der Waals surface area contributed by atoms with Crippen LogP contribution in [0.2, 0.25) is 0 Å². The summed E-state index contributed by atoms with van der Waals surface area (Å²) in [6.07, 6.45) is -0.382. The lowest BCUT2D eigenvalue weighted by Gasteiger charge is -2.12. The molecule has 0 radical (unpaired) electrons. The Hall–Kier alpha value is -2.18. The van der Waals surface area contributed by atoms with Crippen molar-refractivity contribution in [3.63, 3.8) is 0 Å². The third kappa shape index (κ3) is 3.23. The number of benzene rings is 1. The van der Waals surface area contributed by atoms with E-state index in [1.165, 1.54) is 6.07 Å². The highest BCUT2D eigenvalue weighted by Gasteiger charge is 2.30. The molecule has 0 unspecified atom stereocenters. The fraction of sp³-hybridized carbons (Fsp3) is 0.308. The molecule has 0 spiro atoms. The van der Waals surface area contributed by atoms with Crippen molar-refractivity contribution < 1.29 is 17.9 Å². The molecule has 0 aliphatic carbocycles. The van der Waals surface area contributed by atoms with E-state index in [0.717, 1.165) is 18.0 Å². The van der Waals surface area contributed by atoms with Gasteiger partial charge in [-0.25, -0.2) is 4.98 Å². The molecule has 1 aromatic carbocycles. The molecule has 2 N–H and O–H groups in total. The van der Waals surface area contributed by atoms with E-state index in [1.54, 1.807) is 6.20 Å². The van der Waals surface area contributed by atoms with Crippen LogP contribution in [0.1, 0.15) is 11.4 Å². The summed E-state index contributed by atoms with van der Waals surface area (Å²) in [4.78, 5) is 4.12. The molecule has 0 atom stereocenters. The van der Waals surface area contributed by atoms with E-state index < -0.39 is 11.7 Å². The number of alkyl halides is 3. The Kier molecular flexibility index (Phi) is 3.87. The maximum absolute atomic E-state index is 12.5. The van der Waals surface area contributed by atoms with Crippen LogP contribution in [-0.4, -0.2) is 16.2 Å². The Morgan fingerprint density at radius 3 is 2.65 bits per heavy atom. The lowest BCUT2D eigenvalue weighted by molar-refractivity contribution is -0.137. The molecular weight excluding hydrogens is 271 g/mol. The van der Waals surface area contributed by atoms with Crippen LogP contribution >= 0.6 is 0 Å². The van der Waals surface area contributed by atoms with Gasteiger partial charge in [-0.1, -0.05) is 0 Å². The van der Waals surface area contributed by atoms with Crippen LogP contribution in [-0.2, 0) is 19.6 Å². The number of anilines is 1. The van der Waals surface area contributed by atoms with Crippen LogP contribution in [0.15, 0.2) is 30.6 Å². The molecular formula is C13H14F3N3O. The van der Waals surface area contributed by atoms with E-state index in [0.29, 0.717) is 13.0 Å². The van der Waals surface area contributed by atoms with Crippen LogP contribution in [0, 0.1) is 0 Å². The number of nitrogens with two attached hydrogens (primary N) is 1. The first-order chi connectivity index (χ1) is 9.38. The van der Waals surface area contributed by atoms with Gasteiger partial charge < -0.3 is 15.0 Å². The van der Waals surface area contributed by atoms with Gasteiger partial charge in [0.15, 0.2) is 0 Å². The average Bonchev–Trinajstić information content (AvgIpc) is 2.76. The van der Waals surface area contributed by atoms with Crippen molar-refractivity contribution >= 4 is 5.69 Å². The summed E-state index contributed by atoms with van der Waals surface area (Å²) >= 11 is 0. The van der Waals surface area contributed by atoms with Crippen molar-refractivity contribution in [3.05, 3.63) is 42.0 Å². The van der Waals surface area contributed by atoms with Crippen molar-refractivity contribution in [3.8, 4) is 5.75 Å². The molecule has 1 heterocycles. The standard InChI is InChI=1S/C13H14F3N3O/c1-19-6-5-18-12(19)4-7-20-11-3-2-9(8-10(11)17)13(14,15)16/h2-3,5-6,8H,4,7,17H2,1H3. The fourth-order valence-electron chi connectivity index (χ4n) is 1.75. The second kappa shape index (κ2) is 5.44. The number of ether oxygens (including phenoxy) is 1. The molecule has 2 rings (SSSR count). The summed E-state index contributed by atoms with van der Waals surface area (Å²) in [5, 5.41) is 0. The normalized spacial score (nSPS) is 11.6. The predicted octanol–water partition coefficient (Wildman–Crippen LogP) is 2.64. The van der Waals surface area contributed by atoms with Gasteiger partial charge in [0.05, 0.1) is 17.9 Å². The Balaban J connectivity index is 1.98. The van der Waals surface area contributed by atoms with E-state index in [2.05, 4.69) is 4.98 Å². The Labute approximate surface area is 114 Å². The van der Waals surface area contributed by atoms with Crippen LogP contribution in [0.4, 0.5) is 18.9 Å². The number of hydrogen-bond donors (Lipinski definition) is 1. The summed E-state index contributed by atoms with van der Waals surface area (Å²) < 4.78 is 44.7. The maximum Gasteiger partial charge on any atom is 0.416 e. The van der Waals surface area contributed by atoms with Crippen LogP contribution in [0.25, 0.3) is 0 Å². The zero-order valence-corrected chi connectivity index (χ0v) is 10.8. The highest BCUT2D eigenvalue weighted by molar-refractivity contribution is 5.54. The van der Waals surface area contributed by atoms with Crippen molar-refractivity contribution in [2.24, 2.45) is 7.05 Å². The van der Waals surface area contributed by atoms with Crippen molar-refractivity contribution in [1.29, 1.82) is 0 Å². The first kappa shape index (κ1) is 14.2. The average molecular weight is 285 g/mol. The SMILES string of the molecule is Cn1ccnc1CCOc1ccc(C(F)(F)F)cc1N. The van der Waals surface area contributed by atoms with E-state index in [9.17, 15) is 13.2 Å². The van der Waals surface area contributed by atoms with E-state index in [4.69, 9.17) is 10.5 Å². The summed E-state index contributed by atoms with van der Waals surface area (Å²) in [6, 6.07) is 3.05. The van der Waals surface area contributed by atoms with Crippen LogP contribution in [0.5, 0.6) is 5.75 Å². The van der Waals surface area contributed by atoms with Gasteiger partial charge in [-0.3, -0.25) is 0 Å². The fourth-order valence-corrected chi connectivity index (χ4v) is 1.75. The molecule has 0 bridgehead atoms. The Morgan fingerprint density at radius 2 is 2.10 bits per heavy atom. The van der Waals surface area contributed by atoms with E-state index in [1.807, 2.05) is 17.8 Å². The molecule has 0 saturated carbocycles. The molecule has 0 amide bonds. The topological polar surface area (TPSA) is 53.1 Å². The van der Waals surface area contributed by atoms with Crippen LogP contribution < -0.4 is 10.5 Å². The molecule has 0 fully saturated rings. The predicted molar refractivity (Wildman–Crippen MR) is 68.3 cm³/mol. The van der Waals surface area contributed by atoms with Gasteiger partial charge in [0.1, 0.15) is 11.6 Å². The van der Waals surface area contributed by atoms with Gasteiger partial charge in [-0.15, -0.1) is 0 Å². The summed E-state index contributed by atoms with van der Waals surface area (Å²) in [5.74, 6) is 1.07. The maximum atomic E-state index is 12.5. The first-order valence-electron chi connectivity index (χ1n) is 5.93. The minimum absolute atomic E-state index is 0.0281. The second-order valence-electron chi connectivity index (χ2n) is 4.30. The smallest absolute Gasteiger partial charge is 0.416 e. The number of halogens is 3. The lowest BCUT2D eigenvalue weighted by Crippen LogP contribution is -2.09. The molecule has 4 nitrogen and oxygen atoms in total. The summed E-state index contributed by atoms with van der Waals surface area (Å²) in [7, 11) is 1.86. The van der Waals surface area contributed by atoms with E-state index >= 15 is 0 Å². The molecule has 2 aromatic rings. The van der Waals surface area contributed by atoms with Crippen molar-refractivity contribution in [1.82, 2.24) is 9.55 Å². The number of nitrogens with zero attached hydrogens (tertiary/aromatic N) is 2. The molecule has 0 aliphatic rings. The van der Waals surface area contributed by atoms with Gasteiger partial charge in [0.2, 0.25) is 0 Å². The van der Waals surface area contributed by atoms with Crippen molar-refractivity contribution in [2.45, 2.75) is 12.6 Å². The molecule has 0 aliphatic heterocycles. The second-order valence-corrected chi connectivity index (χ2v) is 4.30. The first-order valence-corrected chi connectivity index (χ1v) is 5.93. The van der Waals surface area contributed by atoms with Crippen molar-refractivity contribution in [2.75, 3.05) is 12.3 Å². The third-order valence-electron chi connectivity index (χ3n) is 2.84. The molecule has 0 saturated heterocycles. The zero-order valence-electron chi connectivity index (χ0n) is 10.8. The number of aromatic nitrogens is 2. The number of imidazole rings is 1. The summed E-state index contributed by atoms with van der Waals surface area (Å²) in [5.41, 5.74) is 4.75. The summed E-state index contributed by atoms with van der Waals surface area (Å²) in [6.45, 7) is 0.292. The molecule has 20 heavy (non-hydrogen) atoms. The highest BCUT2D eigenvalue weighted by Crippen LogP contribution is 2.33. The number of hydrogen-bond acceptors (Lipinski definition) is 3. The van der Waals surface area contributed by atoms with Crippen LogP contribution in [0.3, 0.4) is 0 Å². The molecule has 7 heteroatoms. The quantitative estimate of drug-likeness (QED) is 0.879. The van der Waals surface area contributed by atoms with Gasteiger partial charge in [0, 0.05) is 25.9 Å². The minimum Gasteiger partial charge on any atom is -0.491 e. The highest BCUT2D eigenvalue weighted by atomic mass is 19.4. The van der Waals surface area contributed by atoms with Gasteiger partial charge in [-0.2, -0.15) is 13.2 Å². The Bertz CT molecular complexity index is 593. The minimum atomic E-state index is -4.40. The number of aryl methyl sites for hydroxylation is 1. The van der Waals surface area contributed by atoms with E-state index in [-0.39, 0.29) is 11.4 Å². The number of rotatable bonds is 4. The molecule has 108 valence electrons. The third-order valence-corrected chi connectivity index (χ3v) is 2.84. The van der Waals surface area contributed by atoms with Gasteiger partial charge in [-0.05, 0) is 18.2 Å². The molecule has 1 aromatic heterocycles. The Morgan fingerprint density at radius 1 is 1.35 bits per heavy atom. The lowest BCUT2D eigenvalue weighted by atomic mass is 10.2. The van der Waals surface area contributed by atoms with Gasteiger partial charge >= 0.3 is 6.18 Å². The van der Waals surface area contributed by atoms with Gasteiger partial charge in [0.25, 0.3) is 0 Å². The largest absolute Gasteiger partial charge is 0.491 e. The number of nitrogen functional groups attached to an aromatic ring is 1. The monoisotopic (exact) mass is 285 g/mol. The zero-order chi connectivity index (χ0) is 14.8.